The molecule has 0 saturated carbocycles. The Hall–Kier alpha value is -1.57. The molecule has 0 spiro atoms. The molecule has 0 aliphatic heterocycles. The van der Waals surface area contributed by atoms with Crippen molar-refractivity contribution >= 4 is 0 Å². The topological polar surface area (TPSA) is 28.7 Å². The van der Waals surface area contributed by atoms with E-state index in [0.717, 1.165) is 12.1 Å². The Balaban J connectivity index is 2.18. The highest BCUT2D eigenvalue weighted by atomic mass is 14.9. The van der Waals surface area contributed by atoms with Gasteiger partial charge in [-0.15, -0.1) is 0 Å². The van der Waals surface area contributed by atoms with Crippen molar-refractivity contribution in [3.05, 3.63) is 60.0 Å². The summed E-state index contributed by atoms with van der Waals surface area (Å²) in [5.74, 6) is 1.98. The Labute approximate surface area is 96.7 Å². The fourth-order valence-corrected chi connectivity index (χ4v) is 1.87. The Bertz CT molecular complexity index is 404. The van der Waals surface area contributed by atoms with E-state index in [9.17, 15) is 0 Å². The van der Waals surface area contributed by atoms with Gasteiger partial charge in [-0.3, -0.25) is 0 Å². The van der Waals surface area contributed by atoms with Gasteiger partial charge < -0.3 is 4.98 Å². The minimum absolute atomic E-state index is 0.541. The van der Waals surface area contributed by atoms with Gasteiger partial charge in [0.2, 0.25) is 0 Å². The van der Waals surface area contributed by atoms with E-state index in [4.69, 9.17) is 0 Å². The summed E-state index contributed by atoms with van der Waals surface area (Å²) in [6, 6.07) is 10.6. The van der Waals surface area contributed by atoms with Crippen molar-refractivity contribution in [3.8, 4) is 0 Å². The largest absolute Gasteiger partial charge is 0.351 e. The van der Waals surface area contributed by atoms with Crippen LogP contribution in [0.1, 0.15) is 25.1 Å². The third-order valence-corrected chi connectivity index (χ3v) is 2.77. The van der Waals surface area contributed by atoms with Crippen LogP contribution >= 0.6 is 0 Å². The number of rotatable bonds is 4. The van der Waals surface area contributed by atoms with Crippen LogP contribution in [0.25, 0.3) is 0 Å². The molecule has 1 heterocycles. The number of benzene rings is 1. The molecular formula is C14H17N2. The summed E-state index contributed by atoms with van der Waals surface area (Å²) in [4.78, 5) is 7.29. The SMILES string of the molecule is CC(C)[C](Cc1c[nH]cn1)c1ccccc1. The number of imidazole rings is 1. The molecular weight excluding hydrogens is 196 g/mol. The number of hydrogen-bond donors (Lipinski definition) is 1. The molecule has 2 heteroatoms. The number of aromatic amines is 1. The van der Waals surface area contributed by atoms with Gasteiger partial charge >= 0.3 is 0 Å². The van der Waals surface area contributed by atoms with E-state index in [-0.39, 0.29) is 0 Å². The molecule has 0 aliphatic carbocycles. The first-order chi connectivity index (χ1) is 7.77. The van der Waals surface area contributed by atoms with Gasteiger partial charge in [-0.2, -0.15) is 0 Å². The van der Waals surface area contributed by atoms with Crippen LogP contribution < -0.4 is 0 Å². The highest BCUT2D eigenvalue weighted by Gasteiger charge is 2.17. The maximum absolute atomic E-state index is 4.29. The molecule has 0 saturated heterocycles. The molecule has 0 atom stereocenters. The number of nitrogens with one attached hydrogen (secondary N) is 1. The number of nitrogens with zero attached hydrogens (tertiary/aromatic N) is 1. The predicted molar refractivity (Wildman–Crippen MR) is 65.9 cm³/mol. The Kier molecular flexibility index (Phi) is 3.40. The smallest absolute Gasteiger partial charge is 0.0923 e. The van der Waals surface area contributed by atoms with Gasteiger partial charge in [-0.1, -0.05) is 44.2 Å². The van der Waals surface area contributed by atoms with Crippen molar-refractivity contribution < 1.29 is 0 Å². The van der Waals surface area contributed by atoms with Crippen LogP contribution in [0.5, 0.6) is 0 Å². The van der Waals surface area contributed by atoms with E-state index in [1.807, 2.05) is 6.20 Å². The van der Waals surface area contributed by atoms with Gasteiger partial charge in [-0.05, 0) is 11.5 Å². The minimum atomic E-state index is 0.541. The van der Waals surface area contributed by atoms with E-state index >= 15 is 0 Å². The first-order valence-electron chi connectivity index (χ1n) is 5.66. The highest BCUT2D eigenvalue weighted by Crippen LogP contribution is 2.26. The first kappa shape index (κ1) is 10.9. The summed E-state index contributed by atoms with van der Waals surface area (Å²) < 4.78 is 0. The average molecular weight is 213 g/mol. The molecule has 0 unspecified atom stereocenters. The van der Waals surface area contributed by atoms with Gasteiger partial charge in [0, 0.05) is 18.5 Å². The lowest BCUT2D eigenvalue weighted by atomic mass is 9.85. The quantitative estimate of drug-likeness (QED) is 0.830. The first-order valence-corrected chi connectivity index (χ1v) is 5.66. The molecule has 1 aromatic heterocycles. The average Bonchev–Trinajstić information content (AvgIpc) is 2.79. The monoisotopic (exact) mass is 213 g/mol. The van der Waals surface area contributed by atoms with E-state index in [0.29, 0.717) is 5.92 Å². The molecule has 0 aliphatic rings. The maximum atomic E-state index is 4.29. The van der Waals surface area contributed by atoms with Crippen molar-refractivity contribution in [3.63, 3.8) is 0 Å². The van der Waals surface area contributed by atoms with E-state index < -0.39 is 0 Å². The standard InChI is InChI=1S/C14H17N2/c1-11(2)14(8-13-9-15-10-16-13)12-6-4-3-5-7-12/h3-7,9-11H,8H2,1-2H3,(H,15,16). The van der Waals surface area contributed by atoms with Crippen LogP contribution in [0.4, 0.5) is 0 Å². The number of aromatic nitrogens is 2. The minimum Gasteiger partial charge on any atom is -0.351 e. The van der Waals surface area contributed by atoms with Crippen LogP contribution in [0.2, 0.25) is 0 Å². The van der Waals surface area contributed by atoms with Crippen molar-refractivity contribution in [2.45, 2.75) is 20.3 Å². The molecule has 1 N–H and O–H groups in total. The summed E-state index contributed by atoms with van der Waals surface area (Å²) in [6.45, 7) is 4.46. The Morgan fingerprint density at radius 3 is 2.56 bits per heavy atom. The van der Waals surface area contributed by atoms with E-state index in [2.05, 4.69) is 54.1 Å². The molecule has 0 amide bonds. The molecule has 2 rings (SSSR count). The van der Waals surface area contributed by atoms with Gasteiger partial charge in [0.25, 0.3) is 0 Å². The molecule has 0 bridgehead atoms. The zero-order chi connectivity index (χ0) is 11.4. The molecule has 1 aromatic carbocycles. The molecule has 1 radical (unpaired) electrons. The van der Waals surface area contributed by atoms with Crippen LogP contribution in [0.3, 0.4) is 0 Å². The lowest BCUT2D eigenvalue weighted by Gasteiger charge is -2.19. The van der Waals surface area contributed by atoms with Gasteiger partial charge in [0.15, 0.2) is 0 Å². The maximum Gasteiger partial charge on any atom is 0.0923 e. The fraction of sp³-hybridized carbons (Fsp3) is 0.286. The van der Waals surface area contributed by atoms with Crippen LogP contribution in [-0.4, -0.2) is 9.97 Å². The van der Waals surface area contributed by atoms with Crippen molar-refractivity contribution in [1.29, 1.82) is 0 Å². The highest BCUT2D eigenvalue weighted by molar-refractivity contribution is 5.33. The molecule has 2 nitrogen and oxygen atoms in total. The summed E-state index contributed by atoms with van der Waals surface area (Å²) in [5.41, 5.74) is 2.42. The van der Waals surface area contributed by atoms with Crippen LogP contribution in [0, 0.1) is 11.8 Å². The molecule has 83 valence electrons. The molecule has 16 heavy (non-hydrogen) atoms. The summed E-state index contributed by atoms with van der Waals surface area (Å²) in [7, 11) is 0. The predicted octanol–water partition coefficient (Wildman–Crippen LogP) is 3.23. The Morgan fingerprint density at radius 1 is 1.25 bits per heavy atom. The third kappa shape index (κ3) is 2.51. The Morgan fingerprint density at radius 2 is 2.00 bits per heavy atom. The summed E-state index contributed by atoms with van der Waals surface area (Å²) in [5, 5.41) is 0. The lowest BCUT2D eigenvalue weighted by molar-refractivity contribution is 0.652. The van der Waals surface area contributed by atoms with Crippen molar-refractivity contribution in [2.24, 2.45) is 5.92 Å². The lowest BCUT2D eigenvalue weighted by Crippen LogP contribution is -2.11. The van der Waals surface area contributed by atoms with E-state index in [1.165, 1.54) is 11.5 Å². The zero-order valence-electron chi connectivity index (χ0n) is 9.77. The van der Waals surface area contributed by atoms with Crippen LogP contribution in [-0.2, 0) is 6.42 Å². The zero-order valence-corrected chi connectivity index (χ0v) is 9.77. The molecule has 0 fully saturated rings. The summed E-state index contributed by atoms with van der Waals surface area (Å²) in [6.07, 6.45) is 4.62. The second-order valence-electron chi connectivity index (χ2n) is 4.28. The number of hydrogen-bond acceptors (Lipinski definition) is 1. The second kappa shape index (κ2) is 4.97. The third-order valence-electron chi connectivity index (χ3n) is 2.77. The van der Waals surface area contributed by atoms with Crippen molar-refractivity contribution in [1.82, 2.24) is 9.97 Å². The summed E-state index contributed by atoms with van der Waals surface area (Å²) >= 11 is 0. The molecule has 2 aromatic rings. The van der Waals surface area contributed by atoms with Gasteiger partial charge in [0.05, 0.1) is 12.0 Å². The second-order valence-corrected chi connectivity index (χ2v) is 4.28. The van der Waals surface area contributed by atoms with Crippen molar-refractivity contribution in [2.75, 3.05) is 0 Å². The fourth-order valence-electron chi connectivity index (χ4n) is 1.87. The number of H-pyrrole nitrogens is 1. The normalized spacial score (nSPS) is 11.2. The van der Waals surface area contributed by atoms with Gasteiger partial charge in [0.1, 0.15) is 0 Å². The van der Waals surface area contributed by atoms with Gasteiger partial charge in [-0.25, -0.2) is 4.98 Å². The van der Waals surface area contributed by atoms with Crippen LogP contribution in [0.15, 0.2) is 42.9 Å². The van der Waals surface area contributed by atoms with E-state index in [1.54, 1.807) is 6.33 Å².